The molecule has 1 aliphatic heterocycles. The number of fused-ring (bicyclic) bond motifs is 1. The van der Waals surface area contributed by atoms with Gasteiger partial charge in [0.2, 0.25) is 0 Å². The number of rotatable bonds is 5. The Morgan fingerprint density at radius 1 is 1.00 bits per heavy atom. The predicted octanol–water partition coefficient (Wildman–Crippen LogP) is 4.20. The summed E-state index contributed by atoms with van der Waals surface area (Å²) in [5, 5.41) is 6.35. The lowest BCUT2D eigenvalue weighted by atomic mass is 9.88. The third-order valence-corrected chi connectivity index (χ3v) is 5.90. The maximum Gasteiger partial charge on any atom is 0.315 e. The first kappa shape index (κ1) is 18.1. The minimum Gasteiger partial charge on any atom is -0.336 e. The normalized spacial score (nSPS) is 20.7. The van der Waals surface area contributed by atoms with Crippen LogP contribution in [0.15, 0.2) is 54.6 Å². The van der Waals surface area contributed by atoms with Gasteiger partial charge in [-0.25, -0.2) is 4.79 Å². The van der Waals surface area contributed by atoms with Gasteiger partial charge in [0.25, 0.3) is 0 Å². The molecule has 1 heterocycles. The Bertz CT molecular complexity index is 755. The van der Waals surface area contributed by atoms with E-state index in [0.717, 1.165) is 32.4 Å². The van der Waals surface area contributed by atoms with Gasteiger partial charge in [-0.3, -0.25) is 4.90 Å². The van der Waals surface area contributed by atoms with E-state index in [9.17, 15) is 4.79 Å². The molecule has 4 rings (SSSR count). The molecule has 2 unspecified atom stereocenters. The molecular formula is C23H29N3O. The number of aryl methyl sites for hydroxylation is 1. The Morgan fingerprint density at radius 3 is 2.56 bits per heavy atom. The fraction of sp³-hybridized carbons (Fsp3) is 0.435. The van der Waals surface area contributed by atoms with Crippen LogP contribution in [-0.2, 0) is 6.42 Å². The van der Waals surface area contributed by atoms with Crippen molar-refractivity contribution in [2.45, 2.75) is 44.2 Å². The minimum absolute atomic E-state index is 0.0585. The molecular weight excluding hydrogens is 334 g/mol. The van der Waals surface area contributed by atoms with E-state index < -0.39 is 0 Å². The van der Waals surface area contributed by atoms with Gasteiger partial charge < -0.3 is 10.6 Å². The number of carbonyl (C=O) groups excluding carboxylic acids is 1. The maximum absolute atomic E-state index is 12.6. The molecule has 4 heteroatoms. The first-order valence-electron chi connectivity index (χ1n) is 10.2. The van der Waals surface area contributed by atoms with Crippen molar-refractivity contribution in [3.8, 4) is 0 Å². The molecule has 1 fully saturated rings. The molecule has 2 N–H and O–H groups in total. The lowest BCUT2D eigenvalue weighted by Gasteiger charge is -2.29. The van der Waals surface area contributed by atoms with Crippen molar-refractivity contribution in [1.29, 1.82) is 0 Å². The van der Waals surface area contributed by atoms with Gasteiger partial charge in [-0.15, -0.1) is 0 Å². The zero-order chi connectivity index (χ0) is 18.5. The highest BCUT2D eigenvalue weighted by molar-refractivity contribution is 5.74. The number of hydrogen-bond donors (Lipinski definition) is 2. The van der Waals surface area contributed by atoms with Crippen LogP contribution in [0, 0.1) is 0 Å². The maximum atomic E-state index is 12.6. The third kappa shape index (κ3) is 4.33. The molecule has 0 spiro atoms. The monoisotopic (exact) mass is 363 g/mol. The van der Waals surface area contributed by atoms with Gasteiger partial charge in [0, 0.05) is 6.54 Å². The van der Waals surface area contributed by atoms with Gasteiger partial charge in [-0.05, 0) is 61.9 Å². The number of amides is 2. The zero-order valence-corrected chi connectivity index (χ0v) is 15.9. The lowest BCUT2D eigenvalue weighted by Crippen LogP contribution is -2.43. The summed E-state index contributed by atoms with van der Waals surface area (Å²) in [4.78, 5) is 15.1. The van der Waals surface area contributed by atoms with Crippen LogP contribution in [0.4, 0.5) is 4.79 Å². The number of nitrogens with one attached hydrogen (secondary N) is 2. The minimum atomic E-state index is -0.0585. The highest BCUT2D eigenvalue weighted by Crippen LogP contribution is 2.29. The number of urea groups is 1. The second kappa shape index (κ2) is 8.57. The largest absolute Gasteiger partial charge is 0.336 e. The van der Waals surface area contributed by atoms with Crippen molar-refractivity contribution in [3.63, 3.8) is 0 Å². The topological polar surface area (TPSA) is 44.4 Å². The summed E-state index contributed by atoms with van der Waals surface area (Å²) in [5.74, 6) is 0. The SMILES string of the molecule is O=C(NCC(c1ccccc1)N1CCCC1)NC1CCCc2ccccc21. The highest BCUT2D eigenvalue weighted by atomic mass is 16.2. The second-order valence-corrected chi connectivity index (χ2v) is 7.67. The molecule has 27 heavy (non-hydrogen) atoms. The molecule has 1 saturated heterocycles. The molecule has 0 radical (unpaired) electrons. The number of likely N-dealkylation sites (tertiary alicyclic amines) is 1. The summed E-state index contributed by atoms with van der Waals surface area (Å²) in [5.41, 5.74) is 3.93. The standard InChI is InChI=1S/C23H29N3O/c27-23(25-21-14-8-12-18-9-4-5-13-20(18)21)24-17-22(26-15-6-7-16-26)19-10-2-1-3-11-19/h1-5,9-11,13,21-22H,6-8,12,14-17H2,(H2,24,25,27). The predicted molar refractivity (Wildman–Crippen MR) is 109 cm³/mol. The Morgan fingerprint density at radius 2 is 1.74 bits per heavy atom. The Hall–Kier alpha value is -2.33. The summed E-state index contributed by atoms with van der Waals surface area (Å²) < 4.78 is 0. The van der Waals surface area contributed by atoms with E-state index in [4.69, 9.17) is 0 Å². The molecule has 2 atom stereocenters. The summed E-state index contributed by atoms with van der Waals surface area (Å²) in [7, 11) is 0. The van der Waals surface area contributed by atoms with Crippen molar-refractivity contribution in [3.05, 3.63) is 71.3 Å². The molecule has 2 amide bonds. The molecule has 142 valence electrons. The van der Waals surface area contributed by atoms with Crippen LogP contribution in [0.3, 0.4) is 0 Å². The quantitative estimate of drug-likeness (QED) is 0.836. The van der Waals surface area contributed by atoms with E-state index in [-0.39, 0.29) is 18.1 Å². The van der Waals surface area contributed by atoms with Crippen LogP contribution in [0.2, 0.25) is 0 Å². The lowest BCUT2D eigenvalue weighted by molar-refractivity contribution is 0.217. The van der Waals surface area contributed by atoms with Crippen molar-refractivity contribution in [1.82, 2.24) is 15.5 Å². The number of nitrogens with zero attached hydrogens (tertiary/aromatic N) is 1. The van der Waals surface area contributed by atoms with Gasteiger partial charge >= 0.3 is 6.03 Å². The third-order valence-electron chi connectivity index (χ3n) is 5.90. The molecule has 1 aliphatic carbocycles. The van der Waals surface area contributed by atoms with E-state index in [1.807, 2.05) is 6.07 Å². The fourth-order valence-electron chi connectivity index (χ4n) is 4.49. The molecule has 0 saturated carbocycles. The van der Waals surface area contributed by atoms with Gasteiger partial charge in [0.15, 0.2) is 0 Å². The van der Waals surface area contributed by atoms with Gasteiger partial charge in [-0.1, -0.05) is 54.6 Å². The van der Waals surface area contributed by atoms with Crippen molar-refractivity contribution in [2.24, 2.45) is 0 Å². The average molecular weight is 364 g/mol. The molecule has 2 aliphatic rings. The molecule has 0 bridgehead atoms. The van der Waals surface area contributed by atoms with E-state index in [0.29, 0.717) is 6.54 Å². The van der Waals surface area contributed by atoms with Crippen molar-refractivity contribution < 1.29 is 4.79 Å². The zero-order valence-electron chi connectivity index (χ0n) is 15.9. The fourth-order valence-corrected chi connectivity index (χ4v) is 4.49. The Balaban J connectivity index is 1.39. The van der Waals surface area contributed by atoms with Crippen LogP contribution in [0.1, 0.15) is 54.5 Å². The summed E-state index contributed by atoms with van der Waals surface area (Å²) in [6.07, 6.45) is 5.74. The average Bonchev–Trinajstić information content (AvgIpc) is 3.24. The molecule has 0 aromatic heterocycles. The van der Waals surface area contributed by atoms with Gasteiger partial charge in [0.1, 0.15) is 0 Å². The first-order chi connectivity index (χ1) is 13.3. The Labute approximate surface area is 162 Å². The highest BCUT2D eigenvalue weighted by Gasteiger charge is 2.25. The van der Waals surface area contributed by atoms with Crippen LogP contribution in [-0.4, -0.2) is 30.6 Å². The number of hydrogen-bond acceptors (Lipinski definition) is 2. The number of carbonyl (C=O) groups is 1. The van der Waals surface area contributed by atoms with E-state index in [1.165, 1.54) is 29.5 Å². The molecule has 2 aromatic carbocycles. The van der Waals surface area contributed by atoms with E-state index in [1.54, 1.807) is 0 Å². The van der Waals surface area contributed by atoms with Crippen LogP contribution >= 0.6 is 0 Å². The molecule has 4 nitrogen and oxygen atoms in total. The smallest absolute Gasteiger partial charge is 0.315 e. The second-order valence-electron chi connectivity index (χ2n) is 7.67. The Kier molecular flexibility index (Phi) is 5.73. The van der Waals surface area contributed by atoms with Crippen LogP contribution in [0.25, 0.3) is 0 Å². The molecule has 2 aromatic rings. The first-order valence-corrected chi connectivity index (χ1v) is 10.2. The number of benzene rings is 2. The van der Waals surface area contributed by atoms with Gasteiger partial charge in [0.05, 0.1) is 12.1 Å². The summed E-state index contributed by atoms with van der Waals surface area (Å²) in [6.45, 7) is 2.86. The van der Waals surface area contributed by atoms with Crippen LogP contribution < -0.4 is 10.6 Å². The summed E-state index contributed by atoms with van der Waals surface area (Å²) in [6, 6.07) is 19.3. The van der Waals surface area contributed by atoms with E-state index in [2.05, 4.69) is 64.1 Å². The van der Waals surface area contributed by atoms with Crippen molar-refractivity contribution in [2.75, 3.05) is 19.6 Å². The van der Waals surface area contributed by atoms with Crippen molar-refractivity contribution >= 4 is 6.03 Å². The van der Waals surface area contributed by atoms with Gasteiger partial charge in [-0.2, -0.15) is 0 Å². The van der Waals surface area contributed by atoms with E-state index >= 15 is 0 Å². The van der Waals surface area contributed by atoms with Crippen LogP contribution in [0.5, 0.6) is 0 Å². The summed E-state index contributed by atoms with van der Waals surface area (Å²) >= 11 is 0.